The third-order valence-corrected chi connectivity index (χ3v) is 4.59. The van der Waals surface area contributed by atoms with E-state index < -0.39 is 21.9 Å². The van der Waals surface area contributed by atoms with Gasteiger partial charge in [-0.3, -0.25) is 10.2 Å². The van der Waals surface area contributed by atoms with Crippen LogP contribution in [0.5, 0.6) is 11.5 Å². The molecular formula is C16H16N2O7S. The van der Waals surface area contributed by atoms with Gasteiger partial charge in [-0.2, -0.15) is 0 Å². The smallest absolute Gasteiger partial charge is 0.335 e. The first-order chi connectivity index (χ1) is 12.3. The lowest BCUT2D eigenvalue weighted by Crippen LogP contribution is -2.41. The Labute approximate surface area is 149 Å². The molecule has 9 nitrogen and oxygen atoms in total. The van der Waals surface area contributed by atoms with E-state index in [-0.39, 0.29) is 16.0 Å². The van der Waals surface area contributed by atoms with E-state index in [0.717, 1.165) is 24.3 Å². The van der Waals surface area contributed by atoms with E-state index in [1.807, 2.05) is 4.83 Å². The maximum absolute atomic E-state index is 12.2. The number of rotatable bonds is 7. The highest BCUT2D eigenvalue weighted by Gasteiger charge is 2.17. The summed E-state index contributed by atoms with van der Waals surface area (Å²) in [5.74, 6) is -1.18. The number of sulfonamides is 1. The molecule has 26 heavy (non-hydrogen) atoms. The van der Waals surface area contributed by atoms with Gasteiger partial charge >= 0.3 is 5.97 Å². The Kier molecular flexibility index (Phi) is 5.80. The molecule has 0 aliphatic carbocycles. The zero-order valence-electron chi connectivity index (χ0n) is 13.8. The van der Waals surface area contributed by atoms with Crippen LogP contribution >= 0.6 is 0 Å². The molecule has 0 heterocycles. The van der Waals surface area contributed by atoms with Crippen molar-refractivity contribution in [1.29, 1.82) is 0 Å². The normalized spacial score (nSPS) is 10.8. The average molecular weight is 380 g/mol. The van der Waals surface area contributed by atoms with Gasteiger partial charge < -0.3 is 14.6 Å². The molecule has 2 aromatic rings. The third kappa shape index (κ3) is 4.49. The van der Waals surface area contributed by atoms with Crippen LogP contribution in [0.15, 0.2) is 47.4 Å². The maximum Gasteiger partial charge on any atom is 0.335 e. The van der Waals surface area contributed by atoms with Crippen molar-refractivity contribution in [1.82, 2.24) is 10.3 Å². The van der Waals surface area contributed by atoms with Gasteiger partial charge in [-0.25, -0.2) is 13.2 Å². The molecule has 0 fully saturated rings. The van der Waals surface area contributed by atoms with Crippen molar-refractivity contribution in [3.63, 3.8) is 0 Å². The van der Waals surface area contributed by atoms with E-state index in [1.54, 1.807) is 6.07 Å². The summed E-state index contributed by atoms with van der Waals surface area (Å²) in [6, 6.07) is 8.91. The summed E-state index contributed by atoms with van der Waals surface area (Å²) in [5.41, 5.74) is 2.13. The van der Waals surface area contributed by atoms with E-state index >= 15 is 0 Å². The van der Waals surface area contributed by atoms with Gasteiger partial charge in [0.05, 0.1) is 24.7 Å². The Hall–Kier alpha value is -3.11. The Morgan fingerprint density at radius 3 is 1.92 bits per heavy atom. The van der Waals surface area contributed by atoms with Gasteiger partial charge in [0, 0.05) is 11.6 Å². The van der Waals surface area contributed by atoms with Crippen molar-refractivity contribution >= 4 is 21.9 Å². The van der Waals surface area contributed by atoms with Crippen molar-refractivity contribution < 1.29 is 32.6 Å². The maximum atomic E-state index is 12.2. The fourth-order valence-electron chi connectivity index (χ4n) is 1.96. The molecule has 0 saturated heterocycles. The molecule has 0 saturated carbocycles. The first-order valence-corrected chi connectivity index (χ1v) is 8.63. The second kappa shape index (κ2) is 7.85. The van der Waals surface area contributed by atoms with Crippen LogP contribution in [-0.4, -0.2) is 39.6 Å². The van der Waals surface area contributed by atoms with Gasteiger partial charge in [-0.05, 0) is 36.4 Å². The lowest BCUT2D eigenvalue weighted by atomic mass is 10.2. The molecule has 0 spiro atoms. The Balaban J connectivity index is 2.14. The number of amides is 1. The van der Waals surface area contributed by atoms with Crippen LogP contribution in [0.25, 0.3) is 0 Å². The van der Waals surface area contributed by atoms with Crippen molar-refractivity contribution in [3.8, 4) is 11.5 Å². The van der Waals surface area contributed by atoms with Gasteiger partial charge in [0.25, 0.3) is 15.9 Å². The number of carboxylic acid groups (broad SMARTS) is 1. The number of benzene rings is 2. The first kappa shape index (κ1) is 19.2. The highest BCUT2D eigenvalue weighted by Crippen LogP contribution is 2.22. The van der Waals surface area contributed by atoms with E-state index in [0.29, 0.717) is 11.5 Å². The molecular weight excluding hydrogens is 364 g/mol. The number of hydrazine groups is 1. The Morgan fingerprint density at radius 2 is 1.46 bits per heavy atom. The summed E-state index contributed by atoms with van der Waals surface area (Å²) in [6.45, 7) is 0. The minimum atomic E-state index is -4.07. The monoisotopic (exact) mass is 380 g/mol. The largest absolute Gasteiger partial charge is 0.497 e. The lowest BCUT2D eigenvalue weighted by Gasteiger charge is -2.11. The molecule has 0 radical (unpaired) electrons. The second-order valence-electron chi connectivity index (χ2n) is 4.99. The second-order valence-corrected chi connectivity index (χ2v) is 6.67. The van der Waals surface area contributed by atoms with Gasteiger partial charge in [-0.1, -0.05) is 0 Å². The van der Waals surface area contributed by atoms with Crippen LogP contribution in [0.4, 0.5) is 0 Å². The van der Waals surface area contributed by atoms with Crippen molar-refractivity contribution in [2.45, 2.75) is 4.90 Å². The summed E-state index contributed by atoms with van der Waals surface area (Å²) in [7, 11) is -1.24. The summed E-state index contributed by atoms with van der Waals surface area (Å²) < 4.78 is 34.4. The van der Waals surface area contributed by atoms with Crippen molar-refractivity contribution in [3.05, 3.63) is 53.6 Å². The Bertz CT molecular complexity index is 902. The van der Waals surface area contributed by atoms with Gasteiger partial charge in [-0.15, -0.1) is 4.83 Å². The molecule has 3 N–H and O–H groups in total. The number of carbonyl (C=O) groups is 2. The summed E-state index contributed by atoms with van der Waals surface area (Å²) in [6.07, 6.45) is 0. The van der Waals surface area contributed by atoms with E-state index in [1.165, 1.54) is 26.4 Å². The van der Waals surface area contributed by atoms with Crippen LogP contribution in [-0.2, 0) is 10.0 Å². The molecule has 0 aliphatic rings. The fourth-order valence-corrected chi connectivity index (χ4v) is 2.80. The molecule has 2 rings (SSSR count). The number of nitrogens with one attached hydrogen (secondary N) is 2. The van der Waals surface area contributed by atoms with E-state index in [9.17, 15) is 18.0 Å². The van der Waals surface area contributed by atoms with Gasteiger partial charge in [0.15, 0.2) is 0 Å². The molecule has 1 amide bonds. The first-order valence-electron chi connectivity index (χ1n) is 7.15. The predicted octanol–water partition coefficient (Wildman–Crippen LogP) is 1.03. The zero-order valence-corrected chi connectivity index (χ0v) is 14.7. The number of ether oxygens (including phenoxy) is 2. The minimum absolute atomic E-state index is 0.0588. The average Bonchev–Trinajstić information content (AvgIpc) is 2.65. The summed E-state index contributed by atoms with van der Waals surface area (Å²) in [4.78, 5) is 24.7. The van der Waals surface area contributed by atoms with Crippen LogP contribution in [0, 0.1) is 0 Å². The molecule has 0 aliphatic heterocycles. The van der Waals surface area contributed by atoms with Crippen molar-refractivity contribution in [2.24, 2.45) is 0 Å². The molecule has 0 atom stereocenters. The number of carbonyl (C=O) groups excluding carboxylic acids is 1. The number of aromatic carboxylic acids is 1. The Morgan fingerprint density at radius 1 is 0.923 bits per heavy atom. The number of carboxylic acids is 1. The number of hydrogen-bond donors (Lipinski definition) is 3. The quantitative estimate of drug-likeness (QED) is 0.611. The zero-order chi connectivity index (χ0) is 19.3. The van der Waals surface area contributed by atoms with Crippen LogP contribution < -0.4 is 19.7 Å². The standard InChI is InChI=1S/C16H16N2O7S/c1-24-12-7-11(8-13(9-12)25-2)15(19)17-18-26(22,23)14-5-3-10(4-6-14)16(20)21/h3-9,18H,1-2H3,(H,17,19)(H,20,21). The highest BCUT2D eigenvalue weighted by molar-refractivity contribution is 7.89. The van der Waals surface area contributed by atoms with E-state index in [4.69, 9.17) is 14.6 Å². The van der Waals surface area contributed by atoms with Crippen LogP contribution in [0.2, 0.25) is 0 Å². The number of methoxy groups -OCH3 is 2. The number of hydrogen-bond acceptors (Lipinski definition) is 6. The van der Waals surface area contributed by atoms with Crippen LogP contribution in [0.3, 0.4) is 0 Å². The molecule has 2 aromatic carbocycles. The molecule has 10 heteroatoms. The third-order valence-electron chi connectivity index (χ3n) is 3.32. The van der Waals surface area contributed by atoms with Gasteiger partial charge in [0.1, 0.15) is 11.5 Å². The topological polar surface area (TPSA) is 131 Å². The molecule has 0 bridgehead atoms. The summed E-state index contributed by atoms with van der Waals surface area (Å²) >= 11 is 0. The summed E-state index contributed by atoms with van der Waals surface area (Å²) in [5, 5.41) is 8.82. The van der Waals surface area contributed by atoms with E-state index in [2.05, 4.69) is 5.43 Å². The fraction of sp³-hybridized carbons (Fsp3) is 0.125. The molecule has 138 valence electrons. The predicted molar refractivity (Wildman–Crippen MR) is 90.7 cm³/mol. The van der Waals surface area contributed by atoms with Crippen LogP contribution in [0.1, 0.15) is 20.7 Å². The van der Waals surface area contributed by atoms with Gasteiger partial charge in [0.2, 0.25) is 0 Å². The minimum Gasteiger partial charge on any atom is -0.497 e. The highest BCUT2D eigenvalue weighted by atomic mass is 32.2. The van der Waals surface area contributed by atoms with Crippen molar-refractivity contribution in [2.75, 3.05) is 14.2 Å². The molecule has 0 unspecified atom stereocenters. The lowest BCUT2D eigenvalue weighted by molar-refractivity contribution is 0.0696. The SMILES string of the molecule is COc1cc(OC)cc(C(=O)NNS(=O)(=O)c2ccc(C(=O)O)cc2)c1. The molecule has 0 aromatic heterocycles.